The maximum absolute atomic E-state index is 11.8. The van der Waals surface area contributed by atoms with E-state index in [1.807, 2.05) is 0 Å². The number of carboxylic acid groups (broad SMARTS) is 1. The van der Waals surface area contributed by atoms with Crippen LogP contribution < -0.4 is 10.6 Å². The number of nitrogens with one attached hydrogen (secondary N) is 2. The molecule has 21 heavy (non-hydrogen) atoms. The van der Waals surface area contributed by atoms with Crippen LogP contribution in [0.15, 0.2) is 24.3 Å². The minimum absolute atomic E-state index is 0.103. The second kappa shape index (κ2) is 6.04. The molecule has 1 aromatic rings. The van der Waals surface area contributed by atoms with Gasteiger partial charge in [-0.1, -0.05) is 12.1 Å². The maximum atomic E-state index is 11.8. The van der Waals surface area contributed by atoms with Crippen LogP contribution in [-0.4, -0.2) is 46.9 Å². The maximum Gasteiger partial charge on any atom is 0.335 e. The van der Waals surface area contributed by atoms with Gasteiger partial charge in [0.25, 0.3) is 0 Å². The topological polar surface area (TPSA) is 116 Å². The number of nitrogens with zero attached hydrogens (tertiary/aromatic N) is 1. The quantitative estimate of drug-likeness (QED) is 0.652. The Morgan fingerprint density at radius 1 is 1.24 bits per heavy atom. The molecule has 4 amide bonds. The Morgan fingerprint density at radius 3 is 2.52 bits per heavy atom. The third kappa shape index (κ3) is 3.78. The van der Waals surface area contributed by atoms with Crippen molar-refractivity contribution in [3.8, 4) is 0 Å². The van der Waals surface area contributed by atoms with E-state index in [1.165, 1.54) is 12.1 Å². The molecule has 0 aromatic heterocycles. The Hall–Kier alpha value is -2.90. The van der Waals surface area contributed by atoms with E-state index >= 15 is 0 Å². The number of hydrogen-bond acceptors (Lipinski definition) is 4. The van der Waals surface area contributed by atoms with Crippen molar-refractivity contribution in [1.29, 1.82) is 0 Å². The van der Waals surface area contributed by atoms with Crippen LogP contribution in [0.25, 0.3) is 0 Å². The first-order valence-corrected chi connectivity index (χ1v) is 6.13. The third-order valence-electron chi connectivity index (χ3n) is 2.85. The van der Waals surface area contributed by atoms with Gasteiger partial charge in [-0.25, -0.2) is 9.59 Å². The van der Waals surface area contributed by atoms with Gasteiger partial charge < -0.3 is 15.3 Å². The summed E-state index contributed by atoms with van der Waals surface area (Å²) in [5.41, 5.74) is 0.727. The number of urea groups is 1. The van der Waals surface area contributed by atoms with Gasteiger partial charge in [0.15, 0.2) is 0 Å². The molecule has 0 saturated carbocycles. The summed E-state index contributed by atoms with van der Waals surface area (Å²) in [5, 5.41) is 13.5. The number of carboxylic acids is 1. The predicted molar refractivity (Wildman–Crippen MR) is 70.4 cm³/mol. The van der Waals surface area contributed by atoms with Crippen molar-refractivity contribution in [2.45, 2.75) is 6.54 Å². The number of imide groups is 1. The molecule has 1 aromatic carbocycles. The molecule has 110 valence electrons. The van der Waals surface area contributed by atoms with Crippen LogP contribution in [0.4, 0.5) is 4.79 Å². The lowest BCUT2D eigenvalue weighted by Crippen LogP contribution is -2.55. The van der Waals surface area contributed by atoms with Gasteiger partial charge in [-0.3, -0.25) is 14.9 Å². The number of benzene rings is 1. The minimum Gasteiger partial charge on any atom is -0.478 e. The molecule has 8 heteroatoms. The zero-order valence-electron chi connectivity index (χ0n) is 11.0. The molecular weight excluding hydrogens is 278 g/mol. The first-order valence-electron chi connectivity index (χ1n) is 6.13. The standard InChI is InChI=1S/C13H13N3O5/c17-10-6-16(7-11(18)15-10)13(21)14-5-8-2-1-3-9(4-8)12(19)20/h1-4H,5-7H2,(H,14,21)(H,19,20)(H,15,17,18). The molecule has 0 aliphatic carbocycles. The molecule has 3 N–H and O–H groups in total. The van der Waals surface area contributed by atoms with Gasteiger partial charge in [0, 0.05) is 6.54 Å². The van der Waals surface area contributed by atoms with Crippen LogP contribution in [0.2, 0.25) is 0 Å². The van der Waals surface area contributed by atoms with Gasteiger partial charge in [0.1, 0.15) is 13.1 Å². The first kappa shape index (κ1) is 14.5. The van der Waals surface area contributed by atoms with Crippen LogP contribution in [0, 0.1) is 0 Å². The number of hydrogen-bond donors (Lipinski definition) is 3. The van der Waals surface area contributed by atoms with E-state index in [0.717, 1.165) is 4.90 Å². The first-order chi connectivity index (χ1) is 9.95. The SMILES string of the molecule is O=C1CN(C(=O)NCc2cccc(C(=O)O)c2)CC(=O)N1. The Morgan fingerprint density at radius 2 is 1.90 bits per heavy atom. The van der Waals surface area contributed by atoms with Crippen LogP contribution in [-0.2, 0) is 16.1 Å². The third-order valence-corrected chi connectivity index (χ3v) is 2.85. The number of carbonyl (C=O) groups excluding carboxylic acids is 3. The van der Waals surface area contributed by atoms with E-state index in [2.05, 4.69) is 10.6 Å². The number of carbonyl (C=O) groups is 4. The van der Waals surface area contributed by atoms with Crippen LogP contribution >= 0.6 is 0 Å². The molecule has 1 aliphatic heterocycles. The fourth-order valence-electron chi connectivity index (χ4n) is 1.88. The number of rotatable bonds is 3. The Kier molecular flexibility index (Phi) is 4.17. The average molecular weight is 291 g/mol. The lowest BCUT2D eigenvalue weighted by Gasteiger charge is -2.25. The monoisotopic (exact) mass is 291 g/mol. The predicted octanol–water partition coefficient (Wildman–Crippen LogP) is -0.447. The molecule has 1 aliphatic rings. The van der Waals surface area contributed by atoms with Crippen LogP contribution in [0.3, 0.4) is 0 Å². The average Bonchev–Trinajstić information content (AvgIpc) is 2.44. The lowest BCUT2D eigenvalue weighted by molar-refractivity contribution is -0.134. The van der Waals surface area contributed by atoms with E-state index in [4.69, 9.17) is 5.11 Å². The molecule has 0 unspecified atom stereocenters. The van der Waals surface area contributed by atoms with Crippen molar-refractivity contribution < 1.29 is 24.3 Å². The summed E-state index contributed by atoms with van der Waals surface area (Å²) >= 11 is 0. The lowest BCUT2D eigenvalue weighted by atomic mass is 10.1. The highest BCUT2D eigenvalue weighted by molar-refractivity contribution is 6.02. The molecule has 0 spiro atoms. The van der Waals surface area contributed by atoms with Gasteiger partial charge in [-0.2, -0.15) is 0 Å². The van der Waals surface area contributed by atoms with Gasteiger partial charge in [-0.05, 0) is 17.7 Å². The zero-order valence-corrected chi connectivity index (χ0v) is 11.0. The highest BCUT2D eigenvalue weighted by atomic mass is 16.4. The van der Waals surface area contributed by atoms with Crippen LogP contribution in [0.5, 0.6) is 0 Å². The summed E-state index contributed by atoms with van der Waals surface area (Å²) in [6.07, 6.45) is 0. The van der Waals surface area contributed by atoms with Crippen molar-refractivity contribution in [2.75, 3.05) is 13.1 Å². The Balaban J connectivity index is 1.94. The van der Waals surface area contributed by atoms with Crippen LogP contribution in [0.1, 0.15) is 15.9 Å². The largest absolute Gasteiger partial charge is 0.478 e. The van der Waals surface area contributed by atoms with Gasteiger partial charge >= 0.3 is 12.0 Å². The fourth-order valence-corrected chi connectivity index (χ4v) is 1.88. The number of amides is 4. The van der Waals surface area contributed by atoms with Gasteiger partial charge in [-0.15, -0.1) is 0 Å². The number of aromatic carboxylic acids is 1. The summed E-state index contributed by atoms with van der Waals surface area (Å²) in [6.45, 7) is -0.272. The van der Waals surface area contributed by atoms with E-state index in [0.29, 0.717) is 5.56 Å². The molecule has 2 rings (SSSR count). The smallest absolute Gasteiger partial charge is 0.335 e. The molecule has 0 atom stereocenters. The normalized spacial score (nSPS) is 14.6. The Bertz CT molecular complexity index is 598. The van der Waals surface area contributed by atoms with E-state index in [-0.39, 0.29) is 25.2 Å². The Labute approximate surface area is 119 Å². The molecule has 1 heterocycles. The molecule has 8 nitrogen and oxygen atoms in total. The summed E-state index contributed by atoms with van der Waals surface area (Å²) in [4.78, 5) is 46.1. The van der Waals surface area contributed by atoms with Crippen molar-refractivity contribution in [1.82, 2.24) is 15.5 Å². The van der Waals surface area contributed by atoms with Gasteiger partial charge in [0.2, 0.25) is 11.8 Å². The summed E-state index contributed by atoms with van der Waals surface area (Å²) in [5.74, 6) is -2.12. The van der Waals surface area contributed by atoms with E-state index in [1.54, 1.807) is 12.1 Å². The molecule has 1 fully saturated rings. The van der Waals surface area contributed by atoms with Gasteiger partial charge in [0.05, 0.1) is 5.56 Å². The van der Waals surface area contributed by atoms with Crippen molar-refractivity contribution in [2.24, 2.45) is 0 Å². The van der Waals surface area contributed by atoms with Crippen molar-refractivity contribution in [3.05, 3.63) is 35.4 Å². The molecular formula is C13H13N3O5. The summed E-state index contributed by atoms with van der Waals surface area (Å²) < 4.78 is 0. The highest BCUT2D eigenvalue weighted by Gasteiger charge is 2.25. The summed E-state index contributed by atoms with van der Waals surface area (Å²) in [7, 11) is 0. The second-order valence-corrected chi connectivity index (χ2v) is 4.49. The second-order valence-electron chi connectivity index (χ2n) is 4.49. The van der Waals surface area contributed by atoms with E-state index in [9.17, 15) is 19.2 Å². The fraction of sp³-hybridized carbons (Fsp3) is 0.231. The minimum atomic E-state index is -1.05. The van der Waals surface area contributed by atoms with E-state index < -0.39 is 23.8 Å². The van der Waals surface area contributed by atoms with Crippen molar-refractivity contribution >= 4 is 23.8 Å². The zero-order chi connectivity index (χ0) is 15.4. The highest BCUT2D eigenvalue weighted by Crippen LogP contribution is 2.05. The molecule has 0 radical (unpaired) electrons. The number of piperazine rings is 1. The summed E-state index contributed by atoms with van der Waals surface area (Å²) in [6, 6.07) is 5.57. The molecule has 1 saturated heterocycles. The molecule has 0 bridgehead atoms. The van der Waals surface area contributed by atoms with Crippen molar-refractivity contribution in [3.63, 3.8) is 0 Å².